The first kappa shape index (κ1) is 24.7. The summed E-state index contributed by atoms with van der Waals surface area (Å²) in [6, 6.07) is -3.73. The molecule has 3 amide bonds. The molecule has 11 heteroatoms. The van der Waals surface area contributed by atoms with Crippen LogP contribution in [0.4, 0.5) is 4.79 Å². The number of nitrogens with one attached hydrogen (secondary N) is 3. The summed E-state index contributed by atoms with van der Waals surface area (Å²) in [5, 5.41) is 33.5. The van der Waals surface area contributed by atoms with Gasteiger partial charge in [-0.05, 0) is 25.7 Å². The number of amides is 3. The molecule has 0 fully saturated rings. The van der Waals surface area contributed by atoms with E-state index in [0.717, 1.165) is 0 Å². The van der Waals surface area contributed by atoms with Gasteiger partial charge in [0.05, 0.1) is 0 Å². The lowest BCUT2D eigenvalue weighted by atomic mass is 10.1. The Morgan fingerprint density at radius 2 is 1.43 bits per heavy atom. The van der Waals surface area contributed by atoms with Gasteiger partial charge in [0.1, 0.15) is 12.1 Å². The topological polar surface area (TPSA) is 182 Å². The molecule has 0 aromatic rings. The van der Waals surface area contributed by atoms with Gasteiger partial charge in [-0.3, -0.25) is 9.59 Å². The first-order valence-electron chi connectivity index (χ1n) is 8.62. The minimum Gasteiger partial charge on any atom is -0.481 e. The summed E-state index contributed by atoms with van der Waals surface area (Å²) in [4.78, 5) is 56.0. The SMILES string of the molecule is C#CCCC(=O)NCCCC[C@H](NC(=O)N[C@@H](CCC(=O)O)C(=O)O)C(=O)O. The largest absolute Gasteiger partial charge is 0.481 e. The van der Waals surface area contributed by atoms with Gasteiger partial charge in [-0.1, -0.05) is 0 Å². The molecule has 156 valence electrons. The summed E-state index contributed by atoms with van der Waals surface area (Å²) in [6.45, 7) is 0.332. The molecule has 0 aliphatic heterocycles. The second-order valence-corrected chi connectivity index (χ2v) is 5.88. The van der Waals surface area contributed by atoms with E-state index in [1.54, 1.807) is 0 Å². The predicted octanol–water partition coefficient (Wildman–Crippen LogP) is -0.243. The summed E-state index contributed by atoms with van der Waals surface area (Å²) in [5.41, 5.74) is 0. The van der Waals surface area contributed by atoms with Crippen molar-refractivity contribution in [2.45, 2.75) is 57.0 Å². The van der Waals surface area contributed by atoms with Crippen molar-refractivity contribution in [1.29, 1.82) is 0 Å². The fourth-order valence-corrected chi connectivity index (χ4v) is 2.12. The lowest BCUT2D eigenvalue weighted by Crippen LogP contribution is -2.51. The Morgan fingerprint density at radius 3 is 1.93 bits per heavy atom. The molecule has 2 atom stereocenters. The van der Waals surface area contributed by atoms with Crippen molar-refractivity contribution in [1.82, 2.24) is 16.0 Å². The van der Waals surface area contributed by atoms with Crippen molar-refractivity contribution in [2.24, 2.45) is 0 Å². The van der Waals surface area contributed by atoms with E-state index in [-0.39, 0.29) is 25.2 Å². The lowest BCUT2D eigenvalue weighted by Gasteiger charge is -2.18. The number of carbonyl (C=O) groups excluding carboxylic acids is 2. The first-order chi connectivity index (χ1) is 13.2. The molecule has 11 nitrogen and oxygen atoms in total. The molecule has 0 heterocycles. The van der Waals surface area contributed by atoms with E-state index in [0.29, 0.717) is 25.8 Å². The summed E-state index contributed by atoms with van der Waals surface area (Å²) in [5.74, 6) is -1.81. The van der Waals surface area contributed by atoms with Crippen molar-refractivity contribution in [3.8, 4) is 12.3 Å². The van der Waals surface area contributed by atoms with Gasteiger partial charge < -0.3 is 31.3 Å². The Hall–Kier alpha value is -3.29. The van der Waals surface area contributed by atoms with Crippen molar-refractivity contribution in [2.75, 3.05) is 6.54 Å². The van der Waals surface area contributed by atoms with Gasteiger partial charge in [-0.25, -0.2) is 14.4 Å². The molecule has 0 aliphatic rings. The van der Waals surface area contributed by atoms with Gasteiger partial charge >= 0.3 is 23.9 Å². The van der Waals surface area contributed by atoms with E-state index in [1.807, 2.05) is 5.32 Å². The van der Waals surface area contributed by atoms with Crippen LogP contribution in [0.5, 0.6) is 0 Å². The molecule has 0 unspecified atom stereocenters. The van der Waals surface area contributed by atoms with Gasteiger partial charge in [-0.2, -0.15) is 0 Å². The average Bonchev–Trinajstić information content (AvgIpc) is 2.61. The smallest absolute Gasteiger partial charge is 0.326 e. The zero-order chi connectivity index (χ0) is 21.5. The number of rotatable bonds is 14. The van der Waals surface area contributed by atoms with Gasteiger partial charge in [-0.15, -0.1) is 12.3 Å². The maximum absolute atomic E-state index is 11.8. The zero-order valence-corrected chi connectivity index (χ0v) is 15.3. The summed E-state index contributed by atoms with van der Waals surface area (Å²) in [6.07, 6.45) is 5.71. The quantitative estimate of drug-likeness (QED) is 0.171. The second-order valence-electron chi connectivity index (χ2n) is 5.88. The Balaban J connectivity index is 4.34. The van der Waals surface area contributed by atoms with Gasteiger partial charge in [0.25, 0.3) is 0 Å². The molecule has 0 aromatic heterocycles. The van der Waals surface area contributed by atoms with Crippen LogP contribution in [0.3, 0.4) is 0 Å². The molecule has 0 spiro atoms. The Kier molecular flexibility index (Phi) is 12.2. The molecule has 0 rings (SSSR count). The van der Waals surface area contributed by atoms with E-state index in [4.69, 9.17) is 21.7 Å². The van der Waals surface area contributed by atoms with Gasteiger partial charge in [0.2, 0.25) is 5.91 Å². The minimum absolute atomic E-state index is 0.0653. The van der Waals surface area contributed by atoms with Crippen molar-refractivity contribution in [3.05, 3.63) is 0 Å². The van der Waals surface area contributed by atoms with Crippen molar-refractivity contribution in [3.63, 3.8) is 0 Å². The molecule has 0 radical (unpaired) electrons. The lowest BCUT2D eigenvalue weighted by molar-refractivity contribution is -0.140. The molecule has 0 aromatic carbocycles. The molecule has 28 heavy (non-hydrogen) atoms. The third kappa shape index (κ3) is 12.1. The highest BCUT2D eigenvalue weighted by molar-refractivity contribution is 5.86. The van der Waals surface area contributed by atoms with E-state index in [2.05, 4.69) is 16.6 Å². The summed E-state index contributed by atoms with van der Waals surface area (Å²) < 4.78 is 0. The van der Waals surface area contributed by atoms with Crippen molar-refractivity contribution >= 4 is 29.8 Å². The number of aliphatic carboxylic acids is 3. The standard InChI is InChI=1S/C17H25N3O8/c1-2-3-7-13(21)18-10-5-4-6-11(15(24)25)19-17(28)20-12(16(26)27)8-9-14(22)23/h1,11-12H,3-10H2,(H,18,21)(H,22,23)(H,24,25)(H,26,27)(H2,19,20,28)/t11-,12-/m0/s1. The second kappa shape index (κ2) is 13.9. The van der Waals surface area contributed by atoms with Crippen LogP contribution in [0.15, 0.2) is 0 Å². The first-order valence-corrected chi connectivity index (χ1v) is 8.62. The van der Waals surface area contributed by atoms with Crippen molar-refractivity contribution < 1.29 is 39.3 Å². The molecule has 6 N–H and O–H groups in total. The molecule has 0 saturated carbocycles. The number of hydrogen-bond acceptors (Lipinski definition) is 5. The van der Waals surface area contributed by atoms with Crippen LogP contribution >= 0.6 is 0 Å². The Bertz CT molecular complexity index is 614. The maximum Gasteiger partial charge on any atom is 0.326 e. The predicted molar refractivity (Wildman–Crippen MR) is 96.3 cm³/mol. The van der Waals surface area contributed by atoms with Crippen LogP contribution in [-0.2, 0) is 19.2 Å². The van der Waals surface area contributed by atoms with Crippen LogP contribution in [0.2, 0.25) is 0 Å². The number of carbonyl (C=O) groups is 5. The highest BCUT2D eigenvalue weighted by atomic mass is 16.4. The fraction of sp³-hybridized carbons (Fsp3) is 0.588. The fourth-order valence-electron chi connectivity index (χ4n) is 2.12. The third-order valence-electron chi connectivity index (χ3n) is 3.59. The van der Waals surface area contributed by atoms with E-state index in [9.17, 15) is 24.0 Å². The monoisotopic (exact) mass is 399 g/mol. The molecular formula is C17H25N3O8. The van der Waals surface area contributed by atoms with Gasteiger partial charge in [0, 0.05) is 25.8 Å². The number of terminal acetylenes is 1. The van der Waals surface area contributed by atoms with Crippen LogP contribution in [0, 0.1) is 12.3 Å². The van der Waals surface area contributed by atoms with E-state index >= 15 is 0 Å². The summed E-state index contributed by atoms with van der Waals surface area (Å²) >= 11 is 0. The maximum atomic E-state index is 11.8. The van der Waals surface area contributed by atoms with E-state index < -0.39 is 42.4 Å². The summed E-state index contributed by atoms with van der Waals surface area (Å²) in [7, 11) is 0. The molecule has 0 saturated heterocycles. The van der Waals surface area contributed by atoms with Crippen LogP contribution in [0.25, 0.3) is 0 Å². The average molecular weight is 399 g/mol. The van der Waals surface area contributed by atoms with Crippen LogP contribution in [-0.4, -0.2) is 63.8 Å². The van der Waals surface area contributed by atoms with Crippen LogP contribution in [0.1, 0.15) is 44.9 Å². The van der Waals surface area contributed by atoms with Crippen LogP contribution < -0.4 is 16.0 Å². The molecule has 0 aliphatic carbocycles. The Labute approximate surface area is 161 Å². The molecule has 0 bridgehead atoms. The zero-order valence-electron chi connectivity index (χ0n) is 15.3. The highest BCUT2D eigenvalue weighted by Gasteiger charge is 2.24. The number of urea groups is 1. The third-order valence-corrected chi connectivity index (χ3v) is 3.59. The van der Waals surface area contributed by atoms with Gasteiger partial charge in [0.15, 0.2) is 0 Å². The number of hydrogen-bond donors (Lipinski definition) is 6. The molecular weight excluding hydrogens is 374 g/mol. The highest BCUT2D eigenvalue weighted by Crippen LogP contribution is 2.03. The normalized spacial score (nSPS) is 12.1. The number of unbranched alkanes of at least 4 members (excludes halogenated alkanes) is 1. The van der Waals surface area contributed by atoms with E-state index in [1.165, 1.54) is 0 Å². The minimum atomic E-state index is -1.45. The number of carboxylic acids is 3. The Morgan fingerprint density at radius 1 is 0.857 bits per heavy atom. The number of carboxylic acid groups (broad SMARTS) is 3.